The Morgan fingerprint density at radius 1 is 1.11 bits per heavy atom. The van der Waals surface area contributed by atoms with E-state index in [2.05, 4.69) is 10.6 Å². The van der Waals surface area contributed by atoms with Crippen LogP contribution in [-0.4, -0.2) is 5.91 Å². The summed E-state index contributed by atoms with van der Waals surface area (Å²) in [5.74, 6) is -0.0742. The number of benzene rings is 2. The van der Waals surface area contributed by atoms with Crippen LogP contribution in [-0.2, 0) is 11.3 Å². The average molecular weight is 275 g/mol. The van der Waals surface area contributed by atoms with Gasteiger partial charge in [0, 0.05) is 29.9 Å². The summed E-state index contributed by atoms with van der Waals surface area (Å²) in [4.78, 5) is 11.0. The summed E-state index contributed by atoms with van der Waals surface area (Å²) in [6, 6.07) is 15.3. The van der Waals surface area contributed by atoms with Gasteiger partial charge in [0.1, 0.15) is 0 Å². The molecule has 0 fully saturated rings. The van der Waals surface area contributed by atoms with E-state index < -0.39 is 0 Å². The second kappa shape index (κ2) is 6.25. The zero-order chi connectivity index (χ0) is 13.7. The quantitative estimate of drug-likeness (QED) is 0.887. The van der Waals surface area contributed by atoms with Crippen LogP contribution in [0, 0.1) is 0 Å². The largest absolute Gasteiger partial charge is 0.381 e. The minimum atomic E-state index is -0.0742. The Hall–Kier alpha value is -2.00. The molecule has 2 rings (SSSR count). The highest BCUT2D eigenvalue weighted by molar-refractivity contribution is 6.30. The third-order valence-corrected chi connectivity index (χ3v) is 2.84. The van der Waals surface area contributed by atoms with Gasteiger partial charge in [-0.2, -0.15) is 0 Å². The van der Waals surface area contributed by atoms with Crippen LogP contribution < -0.4 is 10.6 Å². The van der Waals surface area contributed by atoms with Crippen molar-refractivity contribution in [2.75, 3.05) is 10.6 Å². The summed E-state index contributed by atoms with van der Waals surface area (Å²) in [7, 11) is 0. The highest BCUT2D eigenvalue weighted by atomic mass is 35.5. The smallest absolute Gasteiger partial charge is 0.221 e. The van der Waals surface area contributed by atoms with E-state index in [1.807, 2.05) is 48.5 Å². The zero-order valence-corrected chi connectivity index (χ0v) is 11.4. The molecule has 0 aliphatic rings. The van der Waals surface area contributed by atoms with Crippen molar-refractivity contribution in [2.24, 2.45) is 0 Å². The van der Waals surface area contributed by atoms with Gasteiger partial charge in [-0.15, -0.1) is 0 Å². The van der Waals surface area contributed by atoms with Gasteiger partial charge in [-0.25, -0.2) is 0 Å². The Kier molecular flexibility index (Phi) is 4.42. The summed E-state index contributed by atoms with van der Waals surface area (Å²) in [6.07, 6.45) is 0. The van der Waals surface area contributed by atoms with Crippen molar-refractivity contribution < 1.29 is 4.79 Å². The first-order valence-electron chi connectivity index (χ1n) is 5.99. The lowest BCUT2D eigenvalue weighted by Gasteiger charge is -2.09. The summed E-state index contributed by atoms with van der Waals surface area (Å²) < 4.78 is 0. The fourth-order valence-corrected chi connectivity index (χ4v) is 1.84. The van der Waals surface area contributed by atoms with Crippen LogP contribution in [0.2, 0.25) is 5.02 Å². The Balaban J connectivity index is 1.99. The maximum Gasteiger partial charge on any atom is 0.221 e. The van der Waals surface area contributed by atoms with E-state index in [4.69, 9.17) is 11.6 Å². The normalized spacial score (nSPS) is 10.0. The molecule has 0 aliphatic heterocycles. The molecule has 0 atom stereocenters. The number of carbonyl (C=O) groups is 1. The lowest BCUT2D eigenvalue weighted by Crippen LogP contribution is -2.06. The zero-order valence-electron chi connectivity index (χ0n) is 10.6. The highest BCUT2D eigenvalue weighted by Crippen LogP contribution is 2.16. The van der Waals surface area contributed by atoms with E-state index in [9.17, 15) is 4.79 Å². The number of halogens is 1. The van der Waals surface area contributed by atoms with Crippen molar-refractivity contribution in [2.45, 2.75) is 13.5 Å². The maximum absolute atomic E-state index is 11.0. The van der Waals surface area contributed by atoms with Crippen LogP contribution in [0.3, 0.4) is 0 Å². The molecule has 0 heterocycles. The molecule has 98 valence electrons. The molecule has 0 saturated heterocycles. The Bertz CT molecular complexity index is 567. The molecule has 2 aromatic carbocycles. The second-order valence-corrected chi connectivity index (χ2v) is 4.68. The van der Waals surface area contributed by atoms with Crippen LogP contribution in [0.5, 0.6) is 0 Å². The van der Waals surface area contributed by atoms with Crippen molar-refractivity contribution in [1.29, 1.82) is 0 Å². The molecule has 3 nitrogen and oxygen atoms in total. The molecular formula is C15H15ClN2O. The number of nitrogens with one attached hydrogen (secondary N) is 2. The van der Waals surface area contributed by atoms with Crippen molar-refractivity contribution in [3.63, 3.8) is 0 Å². The minimum absolute atomic E-state index is 0.0742. The molecule has 0 saturated carbocycles. The van der Waals surface area contributed by atoms with Gasteiger partial charge in [-0.3, -0.25) is 4.79 Å². The van der Waals surface area contributed by atoms with Crippen LogP contribution >= 0.6 is 11.6 Å². The third kappa shape index (κ3) is 4.30. The molecule has 0 radical (unpaired) electrons. The predicted molar refractivity (Wildman–Crippen MR) is 79.5 cm³/mol. The van der Waals surface area contributed by atoms with Crippen LogP contribution in [0.1, 0.15) is 12.5 Å². The Labute approximate surface area is 117 Å². The molecule has 0 unspecified atom stereocenters. The van der Waals surface area contributed by atoms with Gasteiger partial charge in [0.15, 0.2) is 0 Å². The molecule has 1 amide bonds. The fraction of sp³-hybridized carbons (Fsp3) is 0.133. The summed E-state index contributed by atoms with van der Waals surface area (Å²) in [6.45, 7) is 2.20. The number of carbonyl (C=O) groups excluding carboxylic acids is 1. The molecule has 0 bridgehead atoms. The van der Waals surface area contributed by atoms with Crippen molar-refractivity contribution >= 4 is 28.9 Å². The van der Waals surface area contributed by atoms with Crippen LogP contribution in [0.4, 0.5) is 11.4 Å². The summed E-state index contributed by atoms with van der Waals surface area (Å²) >= 11 is 5.84. The monoisotopic (exact) mass is 274 g/mol. The molecule has 19 heavy (non-hydrogen) atoms. The van der Waals surface area contributed by atoms with Crippen molar-refractivity contribution in [3.8, 4) is 0 Å². The molecular weight excluding hydrogens is 260 g/mol. The van der Waals surface area contributed by atoms with E-state index >= 15 is 0 Å². The van der Waals surface area contributed by atoms with Gasteiger partial charge >= 0.3 is 0 Å². The van der Waals surface area contributed by atoms with Gasteiger partial charge in [-0.1, -0.05) is 29.8 Å². The number of hydrogen-bond acceptors (Lipinski definition) is 2. The molecule has 4 heteroatoms. The topological polar surface area (TPSA) is 41.1 Å². The number of rotatable bonds is 4. The second-order valence-electron chi connectivity index (χ2n) is 4.24. The first-order chi connectivity index (χ1) is 9.13. The molecule has 2 N–H and O–H groups in total. The first-order valence-corrected chi connectivity index (χ1v) is 6.37. The Morgan fingerprint density at radius 2 is 1.79 bits per heavy atom. The molecule has 0 aliphatic carbocycles. The van der Waals surface area contributed by atoms with E-state index in [0.717, 1.165) is 22.0 Å². The van der Waals surface area contributed by atoms with Gasteiger partial charge in [-0.05, 0) is 35.9 Å². The number of anilines is 2. The number of hydrogen-bond donors (Lipinski definition) is 2. The Morgan fingerprint density at radius 3 is 2.47 bits per heavy atom. The van der Waals surface area contributed by atoms with Crippen LogP contribution in [0.15, 0.2) is 48.5 Å². The summed E-state index contributed by atoms with van der Waals surface area (Å²) in [5, 5.41) is 6.79. The first kappa shape index (κ1) is 13.4. The lowest BCUT2D eigenvalue weighted by atomic mass is 10.2. The third-order valence-electron chi connectivity index (χ3n) is 2.59. The molecule has 0 spiro atoms. The van der Waals surface area contributed by atoms with Gasteiger partial charge in [0.25, 0.3) is 0 Å². The molecule has 0 aromatic heterocycles. The standard InChI is InChI=1S/C15H15ClN2O/c1-11(19)18-15-4-2-3-14(9-15)17-10-12-5-7-13(16)8-6-12/h2-9,17H,10H2,1H3,(H,18,19). The molecule has 2 aromatic rings. The van der Waals surface area contributed by atoms with Crippen molar-refractivity contribution in [1.82, 2.24) is 0 Å². The fourth-order valence-electron chi connectivity index (χ4n) is 1.72. The van der Waals surface area contributed by atoms with Gasteiger partial charge < -0.3 is 10.6 Å². The predicted octanol–water partition coefficient (Wildman–Crippen LogP) is 3.91. The SMILES string of the molecule is CC(=O)Nc1cccc(NCc2ccc(Cl)cc2)c1. The van der Waals surface area contributed by atoms with E-state index in [0.29, 0.717) is 6.54 Å². The van der Waals surface area contributed by atoms with E-state index in [-0.39, 0.29) is 5.91 Å². The van der Waals surface area contributed by atoms with Gasteiger partial charge in [0.05, 0.1) is 0 Å². The minimum Gasteiger partial charge on any atom is -0.381 e. The number of amides is 1. The lowest BCUT2D eigenvalue weighted by molar-refractivity contribution is -0.114. The van der Waals surface area contributed by atoms with Crippen LogP contribution in [0.25, 0.3) is 0 Å². The maximum atomic E-state index is 11.0. The van der Waals surface area contributed by atoms with E-state index in [1.54, 1.807) is 0 Å². The van der Waals surface area contributed by atoms with Crippen molar-refractivity contribution in [3.05, 3.63) is 59.1 Å². The highest BCUT2D eigenvalue weighted by Gasteiger charge is 1.98. The summed E-state index contributed by atoms with van der Waals surface area (Å²) in [5.41, 5.74) is 2.89. The average Bonchev–Trinajstić information content (AvgIpc) is 2.38. The van der Waals surface area contributed by atoms with Gasteiger partial charge in [0.2, 0.25) is 5.91 Å². The van der Waals surface area contributed by atoms with E-state index in [1.165, 1.54) is 6.92 Å².